The molecule has 12 heavy (non-hydrogen) atoms. The molecule has 1 fully saturated rings. The molecule has 1 aliphatic rings. The molecular weight excluding hydrogens is 201 g/mol. The number of hydrogen-bond acceptors (Lipinski definition) is 3. The van der Waals surface area contributed by atoms with E-state index in [1.165, 1.54) is 0 Å². The average Bonchev–Trinajstić information content (AvgIpc) is 1.89. The number of primary amides is 1. The normalized spacial score (nSPS) is 20.1. The monoisotopic (exact) mass is 215 g/mol. The van der Waals surface area contributed by atoms with Gasteiger partial charge in [0.25, 0.3) is 0 Å². The van der Waals surface area contributed by atoms with Crippen LogP contribution in [0.4, 0.5) is 0 Å². The maximum Gasteiger partial charge on any atom is 0.237 e. The maximum absolute atomic E-state index is 10.7. The van der Waals surface area contributed by atoms with Crippen molar-refractivity contribution in [2.24, 2.45) is 11.5 Å². The van der Waals surface area contributed by atoms with E-state index < -0.39 is 5.54 Å². The first kappa shape index (κ1) is 14.5. The molecule has 0 unspecified atom stereocenters. The van der Waals surface area contributed by atoms with Crippen molar-refractivity contribution in [3.63, 3.8) is 0 Å². The quantitative estimate of drug-likeness (QED) is 0.547. The molecule has 0 aromatic heterocycles. The van der Waals surface area contributed by atoms with E-state index in [2.05, 4.69) is 5.32 Å². The van der Waals surface area contributed by atoms with Gasteiger partial charge in [-0.15, -0.1) is 24.8 Å². The van der Waals surface area contributed by atoms with Crippen molar-refractivity contribution in [2.45, 2.75) is 18.4 Å². The second-order valence-electron chi connectivity index (χ2n) is 2.77. The third-order valence-electron chi connectivity index (χ3n) is 1.99. The van der Waals surface area contributed by atoms with Crippen LogP contribution in [0.15, 0.2) is 0 Å². The molecule has 0 atom stereocenters. The number of halogens is 2. The molecule has 0 saturated carbocycles. The standard InChI is InChI=1S/C6H13N3O.2ClH/c7-5(10)6(8)1-3-9-4-2-6;;/h9H,1-4,8H2,(H2,7,10);2*1H. The Bertz CT molecular complexity index is 148. The van der Waals surface area contributed by atoms with Crippen LogP contribution in [-0.2, 0) is 4.79 Å². The number of nitrogens with two attached hydrogens (primary N) is 2. The molecule has 1 rings (SSSR count). The molecule has 0 spiro atoms. The summed E-state index contributed by atoms with van der Waals surface area (Å²) in [5, 5.41) is 3.11. The number of rotatable bonds is 1. The molecule has 4 nitrogen and oxygen atoms in total. The van der Waals surface area contributed by atoms with Gasteiger partial charge in [-0.05, 0) is 25.9 Å². The minimum atomic E-state index is -0.745. The number of amides is 1. The zero-order chi connectivity index (χ0) is 7.61. The third kappa shape index (κ3) is 3.15. The van der Waals surface area contributed by atoms with Crippen LogP contribution in [0, 0.1) is 0 Å². The average molecular weight is 216 g/mol. The molecular formula is C6H15Cl2N3O. The summed E-state index contributed by atoms with van der Waals surface area (Å²) in [4.78, 5) is 10.7. The molecule has 1 amide bonds. The van der Waals surface area contributed by atoms with Gasteiger partial charge in [0.1, 0.15) is 0 Å². The zero-order valence-corrected chi connectivity index (χ0v) is 8.34. The summed E-state index contributed by atoms with van der Waals surface area (Å²) in [6.45, 7) is 1.58. The van der Waals surface area contributed by atoms with Gasteiger partial charge >= 0.3 is 0 Å². The Labute approximate surface area is 84.3 Å². The van der Waals surface area contributed by atoms with Gasteiger partial charge in [0.15, 0.2) is 0 Å². The summed E-state index contributed by atoms with van der Waals surface area (Å²) in [6.07, 6.45) is 1.31. The molecule has 74 valence electrons. The molecule has 6 heteroatoms. The minimum Gasteiger partial charge on any atom is -0.368 e. The molecule has 0 radical (unpaired) electrons. The lowest BCUT2D eigenvalue weighted by Crippen LogP contribution is -2.57. The SMILES string of the molecule is Cl.Cl.NC(=O)C1(N)CCNCC1. The second-order valence-corrected chi connectivity index (χ2v) is 2.77. The predicted molar refractivity (Wildman–Crippen MR) is 52.7 cm³/mol. The highest BCUT2D eigenvalue weighted by Crippen LogP contribution is 2.13. The van der Waals surface area contributed by atoms with Gasteiger partial charge in [0.05, 0.1) is 5.54 Å². The van der Waals surface area contributed by atoms with Gasteiger partial charge in [-0.1, -0.05) is 0 Å². The van der Waals surface area contributed by atoms with E-state index in [4.69, 9.17) is 11.5 Å². The van der Waals surface area contributed by atoms with Crippen LogP contribution in [0.3, 0.4) is 0 Å². The van der Waals surface area contributed by atoms with Crippen molar-refractivity contribution < 1.29 is 4.79 Å². The minimum absolute atomic E-state index is 0. The van der Waals surface area contributed by atoms with E-state index in [-0.39, 0.29) is 30.7 Å². The van der Waals surface area contributed by atoms with Crippen molar-refractivity contribution >= 4 is 30.7 Å². The molecule has 1 heterocycles. The van der Waals surface area contributed by atoms with E-state index in [0.717, 1.165) is 13.1 Å². The number of piperidine rings is 1. The Morgan fingerprint density at radius 2 is 1.67 bits per heavy atom. The molecule has 0 aliphatic carbocycles. The van der Waals surface area contributed by atoms with Crippen molar-refractivity contribution in [2.75, 3.05) is 13.1 Å². The van der Waals surface area contributed by atoms with Gasteiger partial charge in [0, 0.05) is 0 Å². The first-order valence-electron chi connectivity index (χ1n) is 3.45. The van der Waals surface area contributed by atoms with Crippen LogP contribution in [0.5, 0.6) is 0 Å². The number of nitrogens with one attached hydrogen (secondary N) is 1. The number of hydrogen-bond donors (Lipinski definition) is 3. The van der Waals surface area contributed by atoms with Gasteiger partial charge in [-0.3, -0.25) is 4.79 Å². The number of carbonyl (C=O) groups excluding carboxylic acids is 1. The van der Waals surface area contributed by atoms with E-state index in [1.807, 2.05) is 0 Å². The van der Waals surface area contributed by atoms with Crippen LogP contribution in [-0.4, -0.2) is 24.5 Å². The lowest BCUT2D eigenvalue weighted by atomic mass is 9.89. The van der Waals surface area contributed by atoms with Crippen molar-refractivity contribution in [1.29, 1.82) is 0 Å². The fraction of sp³-hybridized carbons (Fsp3) is 0.833. The molecule has 0 aromatic carbocycles. The Hall–Kier alpha value is -0.0300. The fourth-order valence-electron chi connectivity index (χ4n) is 1.12. The van der Waals surface area contributed by atoms with Crippen LogP contribution in [0.2, 0.25) is 0 Å². The summed E-state index contributed by atoms with van der Waals surface area (Å²) < 4.78 is 0. The van der Waals surface area contributed by atoms with Gasteiger partial charge in [-0.2, -0.15) is 0 Å². The predicted octanol–water partition coefficient (Wildman–Crippen LogP) is -0.604. The summed E-state index contributed by atoms with van der Waals surface area (Å²) >= 11 is 0. The van der Waals surface area contributed by atoms with Crippen molar-refractivity contribution in [3.8, 4) is 0 Å². The Morgan fingerprint density at radius 3 is 1.92 bits per heavy atom. The summed E-state index contributed by atoms with van der Waals surface area (Å²) in [6, 6.07) is 0. The number of carbonyl (C=O) groups is 1. The first-order chi connectivity index (χ1) is 4.65. The smallest absolute Gasteiger partial charge is 0.237 e. The van der Waals surface area contributed by atoms with E-state index in [0.29, 0.717) is 12.8 Å². The fourth-order valence-corrected chi connectivity index (χ4v) is 1.12. The van der Waals surface area contributed by atoms with Gasteiger partial charge in [0.2, 0.25) is 5.91 Å². The molecule has 1 aliphatic heterocycles. The maximum atomic E-state index is 10.7. The Kier molecular flexibility index (Phi) is 6.75. The molecule has 5 N–H and O–H groups in total. The Balaban J connectivity index is 0. The van der Waals surface area contributed by atoms with Gasteiger partial charge < -0.3 is 16.8 Å². The van der Waals surface area contributed by atoms with Crippen LogP contribution < -0.4 is 16.8 Å². The van der Waals surface area contributed by atoms with E-state index in [1.54, 1.807) is 0 Å². The highest BCUT2D eigenvalue weighted by atomic mass is 35.5. The van der Waals surface area contributed by atoms with Crippen LogP contribution in [0.25, 0.3) is 0 Å². The van der Waals surface area contributed by atoms with E-state index >= 15 is 0 Å². The first-order valence-corrected chi connectivity index (χ1v) is 3.45. The van der Waals surface area contributed by atoms with E-state index in [9.17, 15) is 4.79 Å². The largest absolute Gasteiger partial charge is 0.368 e. The molecule has 0 aromatic rings. The van der Waals surface area contributed by atoms with Crippen LogP contribution >= 0.6 is 24.8 Å². The highest BCUT2D eigenvalue weighted by molar-refractivity contribution is 5.85. The summed E-state index contributed by atoms with van der Waals surface area (Å²) in [5.74, 6) is -0.381. The molecule has 0 bridgehead atoms. The van der Waals surface area contributed by atoms with Crippen LogP contribution in [0.1, 0.15) is 12.8 Å². The highest BCUT2D eigenvalue weighted by Gasteiger charge is 2.32. The summed E-state index contributed by atoms with van der Waals surface area (Å²) in [7, 11) is 0. The molecule has 1 saturated heterocycles. The summed E-state index contributed by atoms with van der Waals surface area (Å²) in [5.41, 5.74) is 10.1. The lowest BCUT2D eigenvalue weighted by molar-refractivity contribution is -0.123. The zero-order valence-electron chi connectivity index (χ0n) is 6.71. The Morgan fingerprint density at radius 1 is 1.25 bits per heavy atom. The van der Waals surface area contributed by atoms with Crippen molar-refractivity contribution in [1.82, 2.24) is 5.32 Å². The lowest BCUT2D eigenvalue weighted by Gasteiger charge is -2.30. The third-order valence-corrected chi connectivity index (χ3v) is 1.99. The van der Waals surface area contributed by atoms with Gasteiger partial charge in [-0.25, -0.2) is 0 Å². The topological polar surface area (TPSA) is 81.1 Å². The second kappa shape index (κ2) is 5.59. The van der Waals surface area contributed by atoms with Crippen molar-refractivity contribution in [3.05, 3.63) is 0 Å².